The summed E-state index contributed by atoms with van der Waals surface area (Å²) in [5, 5.41) is 3.52. The molecule has 0 spiro atoms. The number of rotatable bonds is 3. The molecular weight excluding hydrogens is 331 g/mol. The van der Waals surface area contributed by atoms with Crippen LogP contribution in [-0.4, -0.2) is 23.8 Å². The van der Waals surface area contributed by atoms with Gasteiger partial charge in [-0.3, -0.25) is 14.5 Å². The summed E-state index contributed by atoms with van der Waals surface area (Å²) in [5.41, 5.74) is 2.32. The molecule has 0 aliphatic carbocycles. The third-order valence-corrected chi connectivity index (χ3v) is 4.27. The van der Waals surface area contributed by atoms with E-state index in [1.807, 2.05) is 13.0 Å². The van der Waals surface area contributed by atoms with E-state index in [-0.39, 0.29) is 11.3 Å². The summed E-state index contributed by atoms with van der Waals surface area (Å²) in [7, 11) is 1.41. The number of carbonyl (C=O) groups excluding carboxylic acids is 2. The second-order valence-corrected chi connectivity index (χ2v) is 5.92. The Morgan fingerprint density at radius 1 is 1.04 bits per heavy atom. The van der Waals surface area contributed by atoms with Crippen molar-refractivity contribution in [2.75, 3.05) is 12.4 Å². The smallest absolute Gasteiger partial charge is 0.277 e. The van der Waals surface area contributed by atoms with Crippen LogP contribution in [0.1, 0.15) is 11.1 Å². The fourth-order valence-corrected chi connectivity index (χ4v) is 2.64. The average Bonchev–Trinajstić information content (AvgIpc) is 2.76. The quantitative estimate of drug-likeness (QED) is 0.865. The van der Waals surface area contributed by atoms with E-state index in [2.05, 4.69) is 5.32 Å². The van der Waals surface area contributed by atoms with Gasteiger partial charge in [0.2, 0.25) is 0 Å². The SMILES string of the molecule is Cc1ccc(NC2=C(c3ccc(F)cc3)C(=O)N(C)C2=O)cc1Cl. The summed E-state index contributed by atoms with van der Waals surface area (Å²) >= 11 is 6.10. The van der Waals surface area contributed by atoms with Crippen LogP contribution in [-0.2, 0) is 9.59 Å². The molecule has 1 aliphatic rings. The number of likely N-dealkylation sites (N-methyl/N-ethyl adjacent to an activating group) is 1. The minimum atomic E-state index is -0.448. The Hall–Kier alpha value is -2.66. The first-order valence-electron chi connectivity index (χ1n) is 7.24. The number of hydrogen-bond donors (Lipinski definition) is 1. The molecule has 4 nitrogen and oxygen atoms in total. The van der Waals surface area contributed by atoms with Crippen molar-refractivity contribution in [3.8, 4) is 0 Å². The zero-order valence-electron chi connectivity index (χ0n) is 13.1. The minimum absolute atomic E-state index is 0.147. The van der Waals surface area contributed by atoms with Crippen molar-refractivity contribution in [1.29, 1.82) is 0 Å². The fraction of sp³-hybridized carbons (Fsp3) is 0.111. The van der Waals surface area contributed by atoms with Crippen LogP contribution in [0.25, 0.3) is 5.57 Å². The van der Waals surface area contributed by atoms with Gasteiger partial charge in [0.05, 0.1) is 5.57 Å². The van der Waals surface area contributed by atoms with Crippen LogP contribution in [0.3, 0.4) is 0 Å². The summed E-state index contributed by atoms with van der Waals surface area (Å²) in [4.78, 5) is 25.8. The van der Waals surface area contributed by atoms with Crippen LogP contribution in [0.5, 0.6) is 0 Å². The van der Waals surface area contributed by atoms with Crippen molar-refractivity contribution >= 4 is 34.7 Å². The summed E-state index contributed by atoms with van der Waals surface area (Å²) in [6.07, 6.45) is 0. The molecule has 2 amide bonds. The molecule has 122 valence electrons. The Labute approximate surface area is 143 Å². The van der Waals surface area contributed by atoms with Gasteiger partial charge in [-0.2, -0.15) is 0 Å². The highest BCUT2D eigenvalue weighted by atomic mass is 35.5. The summed E-state index contributed by atoms with van der Waals surface area (Å²) < 4.78 is 13.1. The zero-order chi connectivity index (χ0) is 17.4. The van der Waals surface area contributed by atoms with E-state index < -0.39 is 17.6 Å². The second-order valence-electron chi connectivity index (χ2n) is 5.52. The predicted molar refractivity (Wildman–Crippen MR) is 90.9 cm³/mol. The Kier molecular flexibility index (Phi) is 4.11. The van der Waals surface area contributed by atoms with Crippen LogP contribution >= 0.6 is 11.6 Å². The molecule has 0 aromatic heterocycles. The van der Waals surface area contributed by atoms with Gasteiger partial charge in [-0.25, -0.2) is 4.39 Å². The number of nitrogens with one attached hydrogen (secondary N) is 1. The van der Waals surface area contributed by atoms with E-state index in [0.717, 1.165) is 10.5 Å². The molecule has 0 bridgehead atoms. The van der Waals surface area contributed by atoms with Gasteiger partial charge >= 0.3 is 0 Å². The monoisotopic (exact) mass is 344 g/mol. The molecular formula is C18H14ClFN2O2. The summed E-state index contributed by atoms with van der Waals surface area (Å²) in [5.74, 6) is -1.30. The van der Waals surface area contributed by atoms with Crippen molar-refractivity contribution in [3.63, 3.8) is 0 Å². The number of amides is 2. The third-order valence-electron chi connectivity index (χ3n) is 3.86. The molecule has 2 aromatic carbocycles. The number of benzene rings is 2. The number of aryl methyl sites for hydroxylation is 1. The van der Waals surface area contributed by atoms with Gasteiger partial charge in [0.15, 0.2) is 0 Å². The maximum atomic E-state index is 13.1. The first kappa shape index (κ1) is 16.2. The lowest BCUT2D eigenvalue weighted by Crippen LogP contribution is -2.27. The number of imide groups is 1. The highest BCUT2D eigenvalue weighted by molar-refractivity contribution is 6.36. The molecule has 3 rings (SSSR count). The van der Waals surface area contributed by atoms with Crippen LogP contribution in [0, 0.1) is 12.7 Å². The molecule has 6 heteroatoms. The van der Waals surface area contributed by atoms with Gasteiger partial charge < -0.3 is 5.32 Å². The number of halogens is 2. The van der Waals surface area contributed by atoms with Crippen LogP contribution in [0.15, 0.2) is 48.2 Å². The molecule has 2 aromatic rings. The van der Waals surface area contributed by atoms with Gasteiger partial charge in [0.1, 0.15) is 11.5 Å². The highest BCUT2D eigenvalue weighted by Gasteiger charge is 2.36. The maximum Gasteiger partial charge on any atom is 0.277 e. The second kappa shape index (κ2) is 6.09. The van der Waals surface area contributed by atoms with Crippen molar-refractivity contribution in [1.82, 2.24) is 4.90 Å². The first-order chi connectivity index (χ1) is 11.4. The molecule has 0 unspecified atom stereocenters. The number of hydrogen-bond acceptors (Lipinski definition) is 3. The Morgan fingerprint density at radius 3 is 2.33 bits per heavy atom. The number of carbonyl (C=O) groups is 2. The van der Waals surface area contributed by atoms with E-state index in [1.54, 1.807) is 12.1 Å². The lowest BCUT2D eigenvalue weighted by atomic mass is 10.0. The van der Waals surface area contributed by atoms with E-state index in [4.69, 9.17) is 11.6 Å². The van der Waals surface area contributed by atoms with Crippen molar-refractivity contribution < 1.29 is 14.0 Å². The van der Waals surface area contributed by atoms with Gasteiger partial charge in [-0.15, -0.1) is 0 Å². The molecule has 1 N–H and O–H groups in total. The lowest BCUT2D eigenvalue weighted by molar-refractivity contribution is -0.135. The Morgan fingerprint density at radius 2 is 1.71 bits per heavy atom. The average molecular weight is 345 g/mol. The van der Waals surface area contributed by atoms with E-state index in [9.17, 15) is 14.0 Å². The number of anilines is 1. The molecule has 0 fully saturated rings. The van der Waals surface area contributed by atoms with Crippen LogP contribution in [0.4, 0.5) is 10.1 Å². The van der Waals surface area contributed by atoms with Crippen molar-refractivity contribution in [3.05, 3.63) is 70.1 Å². The fourth-order valence-electron chi connectivity index (χ4n) is 2.46. The molecule has 0 atom stereocenters. The van der Waals surface area contributed by atoms with Gasteiger partial charge in [-0.1, -0.05) is 29.8 Å². The predicted octanol–water partition coefficient (Wildman–Crippen LogP) is 3.61. The third kappa shape index (κ3) is 2.78. The van der Waals surface area contributed by atoms with E-state index >= 15 is 0 Å². The largest absolute Gasteiger partial charge is 0.350 e. The molecule has 0 saturated carbocycles. The van der Waals surface area contributed by atoms with E-state index in [0.29, 0.717) is 16.3 Å². The van der Waals surface area contributed by atoms with Crippen LogP contribution in [0.2, 0.25) is 5.02 Å². The van der Waals surface area contributed by atoms with Crippen molar-refractivity contribution in [2.45, 2.75) is 6.92 Å². The van der Waals surface area contributed by atoms with Crippen LogP contribution < -0.4 is 5.32 Å². The van der Waals surface area contributed by atoms with E-state index in [1.165, 1.54) is 31.3 Å². The normalized spacial score (nSPS) is 14.6. The zero-order valence-corrected chi connectivity index (χ0v) is 13.8. The lowest BCUT2D eigenvalue weighted by Gasteiger charge is -2.10. The molecule has 24 heavy (non-hydrogen) atoms. The molecule has 1 aliphatic heterocycles. The topological polar surface area (TPSA) is 49.4 Å². The van der Waals surface area contributed by atoms with Gasteiger partial charge in [-0.05, 0) is 42.3 Å². The molecule has 0 radical (unpaired) electrons. The number of nitrogens with zero attached hydrogens (tertiary/aromatic N) is 1. The van der Waals surface area contributed by atoms with Crippen molar-refractivity contribution in [2.24, 2.45) is 0 Å². The first-order valence-corrected chi connectivity index (χ1v) is 7.62. The summed E-state index contributed by atoms with van der Waals surface area (Å²) in [6.45, 7) is 1.87. The maximum absolute atomic E-state index is 13.1. The standard InChI is InChI=1S/C18H14ClFN2O2/c1-10-3-8-13(9-14(10)19)21-16-15(17(23)22(2)18(16)24)11-4-6-12(20)7-5-11/h3-9,21H,1-2H3. The Balaban J connectivity index is 2.08. The molecule has 1 heterocycles. The summed E-state index contributed by atoms with van der Waals surface area (Å²) in [6, 6.07) is 10.7. The molecule has 0 saturated heterocycles. The Bertz CT molecular complexity index is 875. The van der Waals surface area contributed by atoms with Gasteiger partial charge in [0, 0.05) is 17.8 Å². The minimum Gasteiger partial charge on any atom is -0.350 e. The highest BCUT2D eigenvalue weighted by Crippen LogP contribution is 2.30. The van der Waals surface area contributed by atoms with Gasteiger partial charge in [0.25, 0.3) is 11.8 Å².